The van der Waals surface area contributed by atoms with E-state index < -0.39 is 10.0 Å². The minimum absolute atomic E-state index is 0.0375. The van der Waals surface area contributed by atoms with Crippen molar-refractivity contribution >= 4 is 15.9 Å². The highest BCUT2D eigenvalue weighted by Gasteiger charge is 2.26. The molecular formula is C21H34N4O3S. The molecule has 2 fully saturated rings. The van der Waals surface area contributed by atoms with E-state index in [-0.39, 0.29) is 18.9 Å². The molecule has 0 atom stereocenters. The molecule has 2 aliphatic rings. The summed E-state index contributed by atoms with van der Waals surface area (Å²) in [6, 6.07) is 7.02. The number of carbonyl (C=O) groups is 1. The van der Waals surface area contributed by atoms with Crippen LogP contribution in [0.2, 0.25) is 0 Å². The largest absolute Gasteiger partial charge is 0.340 e. The molecule has 1 N–H and O–H groups in total. The number of piperazine rings is 1. The maximum Gasteiger partial charge on any atom is 0.243 e. The van der Waals surface area contributed by atoms with Crippen LogP contribution in [0, 0.1) is 6.92 Å². The van der Waals surface area contributed by atoms with Crippen LogP contribution in [0.5, 0.6) is 0 Å². The average Bonchev–Trinajstić information content (AvgIpc) is 3.24. The third-order valence-electron chi connectivity index (χ3n) is 5.75. The maximum atomic E-state index is 13.3. The number of likely N-dealkylation sites (tertiary alicyclic amines) is 1. The lowest BCUT2D eigenvalue weighted by Crippen LogP contribution is -2.47. The zero-order valence-electron chi connectivity index (χ0n) is 17.5. The van der Waals surface area contributed by atoms with Gasteiger partial charge in [-0.05, 0) is 63.5 Å². The van der Waals surface area contributed by atoms with E-state index in [1.54, 1.807) is 18.2 Å². The number of rotatable bonds is 9. The second-order valence-corrected chi connectivity index (χ2v) is 9.94. The number of hydrogen-bond acceptors (Lipinski definition) is 5. The van der Waals surface area contributed by atoms with Gasteiger partial charge in [-0.15, -0.1) is 0 Å². The van der Waals surface area contributed by atoms with Gasteiger partial charge in [0.15, 0.2) is 0 Å². The first-order valence-electron chi connectivity index (χ1n) is 10.7. The van der Waals surface area contributed by atoms with Crippen LogP contribution < -0.4 is 5.32 Å². The molecule has 0 bridgehead atoms. The quantitative estimate of drug-likeness (QED) is 0.649. The fraction of sp³-hybridized carbons (Fsp3) is 0.667. The lowest BCUT2D eigenvalue weighted by molar-refractivity contribution is -0.131. The van der Waals surface area contributed by atoms with Gasteiger partial charge in [0.2, 0.25) is 15.9 Å². The normalized spacial score (nSPS) is 18.5. The fourth-order valence-corrected chi connectivity index (χ4v) is 5.63. The van der Waals surface area contributed by atoms with E-state index in [1.807, 2.05) is 17.9 Å². The van der Waals surface area contributed by atoms with Crippen LogP contribution in [0.1, 0.15) is 31.2 Å². The van der Waals surface area contributed by atoms with E-state index in [4.69, 9.17) is 0 Å². The lowest BCUT2D eigenvalue weighted by atomic mass is 10.2. The van der Waals surface area contributed by atoms with Crippen molar-refractivity contribution < 1.29 is 13.2 Å². The Morgan fingerprint density at radius 3 is 2.52 bits per heavy atom. The van der Waals surface area contributed by atoms with Crippen molar-refractivity contribution in [2.24, 2.45) is 0 Å². The molecule has 0 saturated carbocycles. The van der Waals surface area contributed by atoms with Gasteiger partial charge < -0.3 is 15.1 Å². The first-order chi connectivity index (χ1) is 14.0. The Hall–Kier alpha value is -1.48. The van der Waals surface area contributed by atoms with E-state index >= 15 is 0 Å². The number of amides is 1. The topological polar surface area (TPSA) is 73.0 Å². The first-order valence-corrected chi connectivity index (χ1v) is 12.2. The molecule has 8 heteroatoms. The summed E-state index contributed by atoms with van der Waals surface area (Å²) < 4.78 is 28.1. The molecule has 0 spiro atoms. The average molecular weight is 423 g/mol. The summed E-state index contributed by atoms with van der Waals surface area (Å²) in [4.78, 5) is 17.1. The molecule has 3 rings (SSSR count). The molecule has 29 heavy (non-hydrogen) atoms. The molecule has 1 amide bonds. The van der Waals surface area contributed by atoms with E-state index in [2.05, 4.69) is 10.2 Å². The van der Waals surface area contributed by atoms with Gasteiger partial charge in [-0.25, -0.2) is 8.42 Å². The first kappa shape index (κ1) is 22.2. The maximum absolute atomic E-state index is 13.3. The number of hydrogen-bond donors (Lipinski definition) is 1. The van der Waals surface area contributed by atoms with Gasteiger partial charge in [-0.2, -0.15) is 4.31 Å². The van der Waals surface area contributed by atoms with Crippen molar-refractivity contribution in [3.8, 4) is 0 Å². The standard InChI is InChI=1S/C21H34N4O3S/c1-19-6-4-7-20(18-19)29(27,28)25(14-5-13-23-11-2-3-12-23)15-8-21(26)24-16-9-22-10-17-24/h4,6-7,18,22H,2-3,5,8-17H2,1H3. The van der Waals surface area contributed by atoms with Gasteiger partial charge >= 0.3 is 0 Å². The Morgan fingerprint density at radius 2 is 1.83 bits per heavy atom. The number of sulfonamides is 1. The molecule has 7 nitrogen and oxygen atoms in total. The third-order valence-corrected chi connectivity index (χ3v) is 7.65. The Kier molecular flexibility index (Phi) is 8.06. The molecule has 1 aromatic rings. The molecule has 0 aromatic heterocycles. The van der Waals surface area contributed by atoms with E-state index in [9.17, 15) is 13.2 Å². The van der Waals surface area contributed by atoms with Crippen molar-refractivity contribution in [1.29, 1.82) is 0 Å². The van der Waals surface area contributed by atoms with Gasteiger partial charge in [0.05, 0.1) is 4.90 Å². The highest BCUT2D eigenvalue weighted by Crippen LogP contribution is 2.18. The molecule has 0 aliphatic carbocycles. The molecular weight excluding hydrogens is 388 g/mol. The smallest absolute Gasteiger partial charge is 0.243 e. The molecule has 1 aromatic carbocycles. The number of benzene rings is 1. The van der Waals surface area contributed by atoms with Crippen LogP contribution >= 0.6 is 0 Å². The zero-order chi connectivity index (χ0) is 20.7. The minimum Gasteiger partial charge on any atom is -0.340 e. The van der Waals surface area contributed by atoms with E-state index in [1.165, 1.54) is 17.1 Å². The molecule has 2 heterocycles. The summed E-state index contributed by atoms with van der Waals surface area (Å²) in [7, 11) is -3.61. The van der Waals surface area contributed by atoms with Crippen molar-refractivity contribution in [2.75, 3.05) is 58.9 Å². The van der Waals surface area contributed by atoms with Crippen molar-refractivity contribution in [2.45, 2.75) is 37.5 Å². The van der Waals surface area contributed by atoms with Crippen LogP contribution in [0.3, 0.4) is 0 Å². The summed E-state index contributed by atoms with van der Waals surface area (Å²) in [5, 5.41) is 3.24. The summed E-state index contributed by atoms with van der Waals surface area (Å²) in [5.74, 6) is 0.0375. The lowest BCUT2D eigenvalue weighted by Gasteiger charge is -2.29. The SMILES string of the molecule is Cc1cccc(S(=O)(=O)N(CCCN2CCCC2)CCC(=O)N2CCNCC2)c1. The molecule has 0 unspecified atom stereocenters. The minimum atomic E-state index is -3.61. The number of nitrogens with one attached hydrogen (secondary N) is 1. The second-order valence-electron chi connectivity index (χ2n) is 8.00. The van der Waals surface area contributed by atoms with Crippen LogP contribution in [0.4, 0.5) is 0 Å². The Balaban J connectivity index is 1.65. The Bertz CT molecular complexity index is 772. The van der Waals surface area contributed by atoms with Gasteiger partial charge in [0.1, 0.15) is 0 Å². The van der Waals surface area contributed by atoms with Crippen LogP contribution in [0.15, 0.2) is 29.2 Å². The second kappa shape index (κ2) is 10.5. The predicted molar refractivity (Wildman–Crippen MR) is 114 cm³/mol. The molecule has 162 valence electrons. The summed E-state index contributed by atoms with van der Waals surface area (Å²) in [6.07, 6.45) is 3.47. The summed E-state index contributed by atoms with van der Waals surface area (Å²) >= 11 is 0. The molecule has 0 radical (unpaired) electrons. The van der Waals surface area contributed by atoms with Gasteiger partial charge in [-0.1, -0.05) is 12.1 Å². The number of nitrogens with zero attached hydrogens (tertiary/aromatic N) is 3. The highest BCUT2D eigenvalue weighted by molar-refractivity contribution is 7.89. The Morgan fingerprint density at radius 1 is 1.10 bits per heavy atom. The molecule has 2 aliphatic heterocycles. The van der Waals surface area contributed by atoms with Gasteiger partial charge in [0.25, 0.3) is 0 Å². The summed E-state index contributed by atoms with van der Waals surface area (Å²) in [5.41, 5.74) is 0.917. The summed E-state index contributed by atoms with van der Waals surface area (Å²) in [6.45, 7) is 8.67. The van der Waals surface area contributed by atoms with Crippen molar-refractivity contribution in [3.05, 3.63) is 29.8 Å². The van der Waals surface area contributed by atoms with E-state index in [0.717, 1.165) is 44.7 Å². The molecule has 2 saturated heterocycles. The van der Waals surface area contributed by atoms with Crippen LogP contribution in [0.25, 0.3) is 0 Å². The monoisotopic (exact) mass is 422 g/mol. The highest BCUT2D eigenvalue weighted by atomic mass is 32.2. The Labute approximate surface area is 175 Å². The zero-order valence-corrected chi connectivity index (χ0v) is 18.3. The van der Waals surface area contributed by atoms with Crippen molar-refractivity contribution in [1.82, 2.24) is 19.4 Å². The predicted octanol–water partition coefficient (Wildman–Crippen LogP) is 1.29. The third kappa shape index (κ3) is 6.25. The van der Waals surface area contributed by atoms with Crippen molar-refractivity contribution in [3.63, 3.8) is 0 Å². The van der Waals surface area contributed by atoms with Crippen LogP contribution in [-0.2, 0) is 14.8 Å². The van der Waals surface area contributed by atoms with Gasteiger partial charge in [-0.3, -0.25) is 4.79 Å². The fourth-order valence-electron chi connectivity index (χ4n) is 4.05. The van der Waals surface area contributed by atoms with Crippen LogP contribution in [-0.4, -0.2) is 87.3 Å². The number of carbonyl (C=O) groups excluding carboxylic acids is 1. The van der Waals surface area contributed by atoms with Gasteiger partial charge in [0, 0.05) is 45.7 Å². The number of aryl methyl sites for hydroxylation is 1. The van der Waals surface area contributed by atoms with E-state index in [0.29, 0.717) is 24.5 Å².